The Morgan fingerprint density at radius 2 is 1.93 bits per heavy atom. The standard InChI is InChI=1S/C29H30F3N7O/c1-16(2)39-14-23(29(30,31)32)38-27(39)22-10-7-17(12-33-22)13-34-24-11-20(19-5-4-6-21(19)37-24)25-26(18-8-9-18)35-15-36-28(25)40-3/h7,10-12,14-16,18H,4-6,8-9,13H2,1-3H3,(H,34,37). The molecule has 208 valence electrons. The molecule has 4 heterocycles. The summed E-state index contributed by atoms with van der Waals surface area (Å²) in [6, 6.07) is 5.40. The average molecular weight is 550 g/mol. The summed E-state index contributed by atoms with van der Waals surface area (Å²) in [6.45, 7) is 4.07. The van der Waals surface area contributed by atoms with Gasteiger partial charge in [0.1, 0.15) is 17.8 Å². The fraction of sp³-hybridized carbons (Fsp3) is 0.414. The quantitative estimate of drug-likeness (QED) is 0.273. The number of imidazole rings is 1. The van der Waals surface area contributed by atoms with Crippen LogP contribution in [0.25, 0.3) is 22.6 Å². The lowest BCUT2D eigenvalue weighted by atomic mass is 9.97. The minimum atomic E-state index is -4.52. The first kappa shape index (κ1) is 26.2. The Hall–Kier alpha value is -4.02. The number of nitrogens with zero attached hydrogens (tertiary/aromatic N) is 6. The SMILES string of the molecule is COc1ncnc(C2CC2)c1-c1cc(NCc2ccc(-c3nc(C(F)(F)F)cn3C(C)C)nc2)nc2c1CCC2. The highest BCUT2D eigenvalue weighted by molar-refractivity contribution is 5.78. The largest absolute Gasteiger partial charge is 0.480 e. The van der Waals surface area contributed by atoms with Gasteiger partial charge >= 0.3 is 6.18 Å². The summed E-state index contributed by atoms with van der Waals surface area (Å²) in [5.74, 6) is 1.93. The molecule has 1 saturated carbocycles. The third-order valence-electron chi connectivity index (χ3n) is 7.43. The van der Waals surface area contributed by atoms with Crippen LogP contribution < -0.4 is 10.1 Å². The summed E-state index contributed by atoms with van der Waals surface area (Å²) < 4.78 is 47.0. The number of methoxy groups -OCH3 is 1. The Bertz CT molecular complexity index is 1540. The van der Waals surface area contributed by atoms with Crippen LogP contribution in [0.1, 0.15) is 73.3 Å². The maximum absolute atomic E-state index is 13.3. The van der Waals surface area contributed by atoms with E-state index in [2.05, 4.69) is 31.3 Å². The summed E-state index contributed by atoms with van der Waals surface area (Å²) in [4.78, 5) is 22.2. The third kappa shape index (κ3) is 5.00. The zero-order valence-corrected chi connectivity index (χ0v) is 22.6. The van der Waals surface area contributed by atoms with Gasteiger partial charge in [-0.1, -0.05) is 6.07 Å². The summed E-state index contributed by atoms with van der Waals surface area (Å²) in [7, 11) is 1.64. The van der Waals surface area contributed by atoms with E-state index in [1.165, 1.54) is 10.1 Å². The first-order chi connectivity index (χ1) is 19.2. The maximum Gasteiger partial charge on any atom is 0.434 e. The normalized spacial score (nSPS) is 15.0. The molecule has 11 heteroatoms. The Morgan fingerprint density at radius 3 is 2.60 bits per heavy atom. The Morgan fingerprint density at radius 1 is 1.10 bits per heavy atom. The van der Waals surface area contributed by atoms with Gasteiger partial charge in [-0.3, -0.25) is 4.98 Å². The predicted octanol–water partition coefficient (Wildman–Crippen LogP) is 6.38. The fourth-order valence-corrected chi connectivity index (χ4v) is 5.28. The summed E-state index contributed by atoms with van der Waals surface area (Å²) in [5, 5.41) is 3.41. The molecule has 0 saturated heterocycles. The van der Waals surface area contributed by atoms with Crippen molar-refractivity contribution >= 4 is 5.82 Å². The molecule has 4 aromatic rings. The number of ether oxygens (including phenoxy) is 1. The van der Waals surface area contributed by atoms with Gasteiger partial charge in [0.25, 0.3) is 0 Å². The van der Waals surface area contributed by atoms with Gasteiger partial charge in [-0.2, -0.15) is 13.2 Å². The van der Waals surface area contributed by atoms with Crippen LogP contribution in [0.2, 0.25) is 0 Å². The van der Waals surface area contributed by atoms with E-state index < -0.39 is 11.9 Å². The number of fused-ring (bicyclic) bond motifs is 1. The minimum absolute atomic E-state index is 0.192. The van der Waals surface area contributed by atoms with Crippen molar-refractivity contribution in [3.63, 3.8) is 0 Å². The second kappa shape index (κ2) is 10.2. The first-order valence-corrected chi connectivity index (χ1v) is 13.5. The molecule has 1 fully saturated rings. The number of pyridine rings is 2. The molecule has 0 spiro atoms. The van der Waals surface area contributed by atoms with Crippen molar-refractivity contribution in [2.24, 2.45) is 0 Å². The molecule has 1 N–H and O–H groups in total. The van der Waals surface area contributed by atoms with Gasteiger partial charge in [0.2, 0.25) is 5.88 Å². The Balaban J connectivity index is 1.27. The molecule has 0 aliphatic heterocycles. The monoisotopic (exact) mass is 549 g/mol. The van der Waals surface area contributed by atoms with Crippen molar-refractivity contribution in [1.82, 2.24) is 29.5 Å². The predicted molar refractivity (Wildman–Crippen MR) is 144 cm³/mol. The number of aromatic nitrogens is 6. The second-order valence-electron chi connectivity index (χ2n) is 10.6. The molecule has 2 aliphatic carbocycles. The Kier molecular flexibility index (Phi) is 6.67. The molecule has 2 aliphatic rings. The highest BCUT2D eigenvalue weighted by Crippen LogP contribution is 2.47. The smallest absolute Gasteiger partial charge is 0.434 e. The highest BCUT2D eigenvalue weighted by atomic mass is 19.4. The topological polar surface area (TPSA) is 90.6 Å². The lowest BCUT2D eigenvalue weighted by molar-refractivity contribution is -0.140. The molecule has 0 unspecified atom stereocenters. The van der Waals surface area contributed by atoms with Crippen LogP contribution in [0.15, 0.2) is 36.9 Å². The zero-order chi connectivity index (χ0) is 28.0. The van der Waals surface area contributed by atoms with Crippen molar-refractivity contribution in [3.05, 3.63) is 65.1 Å². The molecule has 0 bridgehead atoms. The first-order valence-electron chi connectivity index (χ1n) is 13.5. The van der Waals surface area contributed by atoms with Crippen molar-refractivity contribution in [3.8, 4) is 28.5 Å². The van der Waals surface area contributed by atoms with E-state index in [0.29, 0.717) is 24.0 Å². The van der Waals surface area contributed by atoms with Gasteiger partial charge in [-0.25, -0.2) is 19.9 Å². The van der Waals surface area contributed by atoms with Gasteiger partial charge in [0, 0.05) is 36.6 Å². The van der Waals surface area contributed by atoms with Crippen LogP contribution in [0.3, 0.4) is 0 Å². The van der Waals surface area contributed by atoms with E-state index in [1.54, 1.807) is 25.7 Å². The van der Waals surface area contributed by atoms with Crippen LogP contribution in [0, 0.1) is 0 Å². The van der Waals surface area contributed by atoms with Gasteiger partial charge in [-0.15, -0.1) is 0 Å². The van der Waals surface area contributed by atoms with Crippen LogP contribution in [0.5, 0.6) is 5.88 Å². The summed E-state index contributed by atoms with van der Waals surface area (Å²) in [6.07, 6.45) is 4.88. The van der Waals surface area contributed by atoms with Crippen molar-refractivity contribution in [2.45, 2.75) is 70.6 Å². The third-order valence-corrected chi connectivity index (χ3v) is 7.43. The van der Waals surface area contributed by atoms with Gasteiger partial charge in [0.05, 0.1) is 18.4 Å². The fourth-order valence-electron chi connectivity index (χ4n) is 5.28. The van der Waals surface area contributed by atoms with Crippen LogP contribution in [-0.2, 0) is 25.6 Å². The number of hydrogen-bond acceptors (Lipinski definition) is 7. The number of halogens is 3. The molecular weight excluding hydrogens is 519 g/mol. The molecule has 4 aromatic heterocycles. The number of nitrogens with one attached hydrogen (secondary N) is 1. The van der Waals surface area contributed by atoms with E-state index in [9.17, 15) is 13.2 Å². The molecule has 0 atom stereocenters. The minimum Gasteiger partial charge on any atom is -0.480 e. The van der Waals surface area contributed by atoms with Crippen LogP contribution in [0.4, 0.5) is 19.0 Å². The van der Waals surface area contributed by atoms with E-state index in [1.807, 2.05) is 19.9 Å². The lowest BCUT2D eigenvalue weighted by Crippen LogP contribution is -2.07. The molecule has 0 aromatic carbocycles. The van der Waals surface area contributed by atoms with Crippen molar-refractivity contribution < 1.29 is 17.9 Å². The van der Waals surface area contributed by atoms with Gasteiger partial charge in [0.15, 0.2) is 11.5 Å². The zero-order valence-electron chi connectivity index (χ0n) is 22.6. The van der Waals surface area contributed by atoms with Gasteiger partial charge in [-0.05, 0) is 74.8 Å². The molecular formula is C29H30F3N7O. The molecule has 0 amide bonds. The van der Waals surface area contributed by atoms with Crippen molar-refractivity contribution in [1.29, 1.82) is 0 Å². The van der Waals surface area contributed by atoms with E-state index in [4.69, 9.17) is 9.72 Å². The van der Waals surface area contributed by atoms with Crippen molar-refractivity contribution in [2.75, 3.05) is 12.4 Å². The lowest BCUT2D eigenvalue weighted by Gasteiger charge is -2.17. The van der Waals surface area contributed by atoms with E-state index in [-0.39, 0.29) is 11.9 Å². The highest BCUT2D eigenvalue weighted by Gasteiger charge is 2.35. The van der Waals surface area contributed by atoms with E-state index in [0.717, 1.165) is 72.2 Å². The molecule has 0 radical (unpaired) electrons. The summed E-state index contributed by atoms with van der Waals surface area (Å²) >= 11 is 0. The van der Waals surface area contributed by atoms with Crippen LogP contribution in [-0.4, -0.2) is 36.6 Å². The number of rotatable bonds is 8. The second-order valence-corrected chi connectivity index (χ2v) is 10.6. The number of hydrogen-bond donors (Lipinski definition) is 1. The number of alkyl halides is 3. The number of anilines is 1. The number of aryl methyl sites for hydroxylation is 1. The maximum atomic E-state index is 13.3. The average Bonchev–Trinajstić information content (AvgIpc) is 3.48. The summed E-state index contributed by atoms with van der Waals surface area (Å²) in [5.41, 5.74) is 5.69. The Labute approximate surface area is 230 Å². The van der Waals surface area contributed by atoms with Gasteiger partial charge < -0.3 is 14.6 Å². The van der Waals surface area contributed by atoms with Crippen LogP contribution >= 0.6 is 0 Å². The molecule has 6 rings (SSSR count). The molecule has 8 nitrogen and oxygen atoms in total. The molecule has 40 heavy (non-hydrogen) atoms. The van der Waals surface area contributed by atoms with E-state index >= 15 is 0 Å².